The fourth-order valence-electron chi connectivity index (χ4n) is 1.08. The number of carbonyl (C=O) groups is 2. The van der Waals surface area contributed by atoms with E-state index in [1.54, 1.807) is 0 Å². The molecule has 0 aromatic rings. The van der Waals surface area contributed by atoms with Crippen LogP contribution in [0, 0.1) is 0 Å². The third-order valence-electron chi connectivity index (χ3n) is 1.74. The maximum Gasteiger partial charge on any atom is 0.673 e. The molecule has 19 heavy (non-hydrogen) atoms. The van der Waals surface area contributed by atoms with Gasteiger partial charge < -0.3 is 33.0 Å². The van der Waals surface area contributed by atoms with E-state index in [2.05, 4.69) is 4.79 Å². The zero-order valence-electron chi connectivity index (χ0n) is 9.06. The first kappa shape index (κ1) is 16.6. The molecular formula is C8H6BF4N2O4-. The lowest BCUT2D eigenvalue weighted by Gasteiger charge is -2.05. The lowest BCUT2D eigenvalue weighted by Crippen LogP contribution is -2.16. The fourth-order valence-corrected chi connectivity index (χ4v) is 1.08. The van der Waals surface area contributed by atoms with E-state index in [-0.39, 0.29) is 23.3 Å². The van der Waals surface area contributed by atoms with Crippen molar-refractivity contribution in [2.45, 2.75) is 6.42 Å². The second-order valence-corrected chi connectivity index (χ2v) is 3.10. The number of aliphatic carboxylic acids is 2. The van der Waals surface area contributed by atoms with Gasteiger partial charge in [0.2, 0.25) is 0 Å². The first-order valence-corrected chi connectivity index (χ1v) is 4.52. The Morgan fingerprint density at radius 1 is 1.16 bits per heavy atom. The summed E-state index contributed by atoms with van der Waals surface area (Å²) in [5.74, 6) is -2.64. The van der Waals surface area contributed by atoms with Crippen molar-refractivity contribution in [1.29, 1.82) is 0 Å². The summed E-state index contributed by atoms with van der Waals surface area (Å²) in [6.45, 7) is 0. The summed E-state index contributed by atoms with van der Waals surface area (Å²) in [6, 6.07) is 0. The molecule has 1 rings (SSSR count). The highest BCUT2D eigenvalue weighted by atomic mass is 19.5. The van der Waals surface area contributed by atoms with E-state index in [0.717, 1.165) is 6.08 Å². The Kier molecular flexibility index (Phi) is 5.67. The van der Waals surface area contributed by atoms with Gasteiger partial charge >= 0.3 is 19.2 Å². The molecule has 1 aliphatic rings. The van der Waals surface area contributed by atoms with E-state index >= 15 is 0 Å². The van der Waals surface area contributed by atoms with E-state index in [1.165, 1.54) is 6.08 Å². The monoisotopic (exact) mass is 281 g/mol. The van der Waals surface area contributed by atoms with Crippen LogP contribution < -0.4 is 0 Å². The van der Waals surface area contributed by atoms with E-state index in [0.29, 0.717) is 0 Å². The minimum atomic E-state index is -6.00. The van der Waals surface area contributed by atoms with Crippen molar-refractivity contribution in [2.24, 2.45) is 0 Å². The number of allylic oxidation sites excluding steroid dienone is 1. The van der Waals surface area contributed by atoms with Crippen molar-refractivity contribution in [3.63, 3.8) is 0 Å². The molecular weight excluding hydrogens is 275 g/mol. The van der Waals surface area contributed by atoms with Crippen molar-refractivity contribution < 1.29 is 41.9 Å². The summed E-state index contributed by atoms with van der Waals surface area (Å²) in [7, 11) is -6.00. The van der Waals surface area contributed by atoms with Gasteiger partial charge in [0.05, 0.1) is 17.6 Å². The number of carboxylic acid groups (broad SMARTS) is 2. The van der Waals surface area contributed by atoms with Crippen molar-refractivity contribution in [1.82, 2.24) is 0 Å². The van der Waals surface area contributed by atoms with Crippen LogP contribution in [-0.4, -0.2) is 39.9 Å². The second kappa shape index (κ2) is 6.50. The van der Waals surface area contributed by atoms with Crippen LogP contribution in [0.1, 0.15) is 6.42 Å². The predicted octanol–water partition coefficient (Wildman–Crippen LogP) is 1.38. The number of hydrogen-bond donors (Lipinski definition) is 2. The molecule has 11 heteroatoms. The van der Waals surface area contributed by atoms with Crippen molar-refractivity contribution in [3.05, 3.63) is 28.8 Å². The smallest absolute Gasteiger partial charge is 0.478 e. The Hall–Kier alpha value is -2.42. The highest BCUT2D eigenvalue weighted by Crippen LogP contribution is 2.17. The lowest BCUT2D eigenvalue weighted by atomic mass is 9.96. The summed E-state index contributed by atoms with van der Waals surface area (Å²) in [5.41, 5.74) is 7.94. The quantitative estimate of drug-likeness (QED) is 0.344. The Balaban J connectivity index is 0.000000555. The summed E-state index contributed by atoms with van der Waals surface area (Å²) >= 11 is 0. The largest absolute Gasteiger partial charge is 0.673 e. The number of hydrogen-bond acceptors (Lipinski definition) is 2. The van der Waals surface area contributed by atoms with Gasteiger partial charge in [-0.3, -0.25) is 0 Å². The van der Waals surface area contributed by atoms with E-state index in [4.69, 9.17) is 15.7 Å². The molecule has 0 saturated heterocycles. The molecule has 0 unspecified atom stereocenters. The lowest BCUT2D eigenvalue weighted by molar-refractivity contribution is -0.135. The molecule has 0 heterocycles. The van der Waals surface area contributed by atoms with E-state index in [1.807, 2.05) is 0 Å². The van der Waals surface area contributed by atoms with Gasteiger partial charge in [0.15, 0.2) is 0 Å². The highest BCUT2D eigenvalue weighted by Gasteiger charge is 2.25. The maximum absolute atomic E-state index is 10.6. The molecule has 0 spiro atoms. The van der Waals surface area contributed by atoms with Gasteiger partial charge in [-0.25, -0.2) is 9.59 Å². The number of carboxylic acids is 2. The standard InChI is InChI=1S/C8H6N2O4.BF4/c9-10-4-1-2-5(7(11)12)6(3-4)8(13)14;2-1(3,4)5/h1-2H,3H2,(H,11,12)(H,13,14);/q;-1. The van der Waals surface area contributed by atoms with Gasteiger partial charge in [0.25, 0.3) is 5.71 Å². The summed E-state index contributed by atoms with van der Waals surface area (Å²) in [4.78, 5) is 24.0. The normalized spacial score (nSPS) is 14.4. The average molecular weight is 281 g/mol. The average Bonchev–Trinajstić information content (AvgIpc) is 2.25. The zero-order valence-corrected chi connectivity index (χ0v) is 9.06. The Bertz CT molecular complexity index is 499. The summed E-state index contributed by atoms with van der Waals surface area (Å²) in [5, 5.41) is 17.3. The Labute approximate surface area is 103 Å². The first-order chi connectivity index (χ1) is 8.56. The number of halogens is 4. The molecule has 0 aromatic carbocycles. The van der Waals surface area contributed by atoms with Crippen molar-refractivity contribution in [3.8, 4) is 0 Å². The molecule has 0 aromatic heterocycles. The molecule has 0 bridgehead atoms. The topological polar surface area (TPSA) is 111 Å². The van der Waals surface area contributed by atoms with Crippen LogP contribution in [0.15, 0.2) is 23.3 Å². The molecule has 2 N–H and O–H groups in total. The Morgan fingerprint density at radius 2 is 1.63 bits per heavy atom. The van der Waals surface area contributed by atoms with Gasteiger partial charge in [-0.1, -0.05) is 0 Å². The molecule has 0 atom stereocenters. The van der Waals surface area contributed by atoms with E-state index < -0.39 is 19.2 Å². The second-order valence-electron chi connectivity index (χ2n) is 3.10. The van der Waals surface area contributed by atoms with Crippen LogP contribution in [0.25, 0.3) is 5.53 Å². The molecule has 0 aliphatic heterocycles. The molecule has 0 amide bonds. The molecule has 0 saturated carbocycles. The molecule has 1 aliphatic carbocycles. The minimum absolute atomic E-state index is 0.118. The van der Waals surface area contributed by atoms with Crippen molar-refractivity contribution >= 4 is 24.9 Å². The van der Waals surface area contributed by atoms with Gasteiger partial charge in [-0.15, -0.1) is 0 Å². The third kappa shape index (κ3) is 6.79. The van der Waals surface area contributed by atoms with Crippen molar-refractivity contribution in [2.75, 3.05) is 0 Å². The third-order valence-corrected chi connectivity index (χ3v) is 1.74. The van der Waals surface area contributed by atoms with Crippen LogP contribution in [0.3, 0.4) is 0 Å². The fraction of sp³-hybridized carbons (Fsp3) is 0.125. The number of rotatable bonds is 2. The van der Waals surface area contributed by atoms with E-state index in [9.17, 15) is 26.9 Å². The van der Waals surface area contributed by atoms with Gasteiger partial charge in [0.1, 0.15) is 0 Å². The SMILES string of the molecule is F[B-](F)(F)F.[N-]=[N+]=C1C=CC(C(=O)O)=C(C(=O)O)C1. The van der Waals surface area contributed by atoms with Gasteiger partial charge in [0, 0.05) is 6.08 Å². The summed E-state index contributed by atoms with van der Waals surface area (Å²) < 4.78 is 39.0. The molecule has 6 nitrogen and oxygen atoms in total. The highest BCUT2D eigenvalue weighted by molar-refractivity contribution is 6.50. The first-order valence-electron chi connectivity index (χ1n) is 4.52. The van der Waals surface area contributed by atoms with Crippen LogP contribution in [0.5, 0.6) is 0 Å². The predicted molar refractivity (Wildman–Crippen MR) is 54.9 cm³/mol. The van der Waals surface area contributed by atoms with Crippen LogP contribution in [0.2, 0.25) is 0 Å². The van der Waals surface area contributed by atoms with Gasteiger partial charge in [-0.05, 0) is 6.08 Å². The number of nitrogens with zero attached hydrogens (tertiary/aromatic N) is 2. The molecule has 0 fully saturated rings. The Morgan fingerprint density at radius 3 is 1.95 bits per heavy atom. The zero-order chi connectivity index (χ0) is 15.2. The van der Waals surface area contributed by atoms with Crippen LogP contribution >= 0.6 is 0 Å². The van der Waals surface area contributed by atoms with Gasteiger partial charge in [-0.2, -0.15) is 4.79 Å². The molecule has 0 radical (unpaired) electrons. The van der Waals surface area contributed by atoms with Crippen LogP contribution in [0.4, 0.5) is 17.3 Å². The van der Waals surface area contributed by atoms with Crippen LogP contribution in [-0.2, 0) is 9.59 Å². The molecule has 104 valence electrons. The minimum Gasteiger partial charge on any atom is -0.478 e. The summed E-state index contributed by atoms with van der Waals surface area (Å²) in [6.07, 6.45) is 2.17. The maximum atomic E-state index is 10.6.